The fourth-order valence-corrected chi connectivity index (χ4v) is 5.29. The standard InChI is InChI=1S/C28H32N2O/c1-20(24-14-6-10-21-8-2-4-12-25(21)24)30(23-16-17-23)19-18-28(31)29-27-15-7-11-22-9-3-5-13-26(22)27/h2-6,8-10,12-14,20,23,27H,7,11,15-19H2,1H3,(H,29,31). The SMILES string of the molecule is CC(c1cccc2ccccc12)N(CCC(=O)NC1CCCc2ccccc21)C1CC1. The van der Waals surface area contributed by atoms with Crippen molar-refractivity contribution in [3.05, 3.63) is 83.4 Å². The molecule has 1 fully saturated rings. The number of rotatable bonds is 7. The number of amides is 1. The zero-order valence-corrected chi connectivity index (χ0v) is 18.4. The van der Waals surface area contributed by atoms with Crippen LogP contribution in [0.2, 0.25) is 0 Å². The number of fused-ring (bicyclic) bond motifs is 2. The molecular formula is C28H32N2O. The lowest BCUT2D eigenvalue weighted by Gasteiger charge is -2.31. The number of hydrogen-bond acceptors (Lipinski definition) is 2. The number of nitrogens with zero attached hydrogens (tertiary/aromatic N) is 1. The van der Waals surface area contributed by atoms with Crippen LogP contribution >= 0.6 is 0 Å². The molecule has 0 saturated heterocycles. The van der Waals surface area contributed by atoms with Crippen LogP contribution in [0.15, 0.2) is 66.7 Å². The van der Waals surface area contributed by atoms with Gasteiger partial charge in [0.2, 0.25) is 5.91 Å². The van der Waals surface area contributed by atoms with Gasteiger partial charge in [-0.05, 0) is 66.5 Å². The maximum absolute atomic E-state index is 12.9. The number of carbonyl (C=O) groups excluding carboxylic acids is 1. The monoisotopic (exact) mass is 412 g/mol. The van der Waals surface area contributed by atoms with Gasteiger partial charge in [0, 0.05) is 25.0 Å². The van der Waals surface area contributed by atoms with Crippen LogP contribution in [0, 0.1) is 0 Å². The lowest BCUT2D eigenvalue weighted by molar-refractivity contribution is -0.122. The van der Waals surface area contributed by atoms with Gasteiger partial charge in [0.1, 0.15) is 0 Å². The largest absolute Gasteiger partial charge is 0.349 e. The minimum Gasteiger partial charge on any atom is -0.349 e. The quantitative estimate of drug-likeness (QED) is 0.520. The fourth-order valence-electron chi connectivity index (χ4n) is 5.29. The van der Waals surface area contributed by atoms with E-state index in [1.54, 1.807) is 0 Å². The summed E-state index contributed by atoms with van der Waals surface area (Å²) in [5.41, 5.74) is 4.07. The summed E-state index contributed by atoms with van der Waals surface area (Å²) in [6.45, 7) is 3.12. The van der Waals surface area contributed by atoms with Crippen LogP contribution in [0.4, 0.5) is 0 Å². The van der Waals surface area contributed by atoms with Crippen LogP contribution in [0.3, 0.4) is 0 Å². The van der Waals surface area contributed by atoms with E-state index in [2.05, 4.69) is 83.9 Å². The Kier molecular flexibility index (Phi) is 5.78. The van der Waals surface area contributed by atoms with Crippen LogP contribution in [0.1, 0.15) is 67.8 Å². The molecular weight excluding hydrogens is 380 g/mol. The normalized spacial score (nSPS) is 19.2. The molecule has 3 aromatic rings. The van der Waals surface area contributed by atoms with E-state index in [1.807, 2.05) is 0 Å². The molecule has 3 nitrogen and oxygen atoms in total. The molecule has 3 aromatic carbocycles. The van der Waals surface area contributed by atoms with E-state index in [0.29, 0.717) is 18.5 Å². The van der Waals surface area contributed by atoms with Gasteiger partial charge in [-0.1, -0.05) is 66.7 Å². The molecule has 0 heterocycles. The number of benzene rings is 3. The van der Waals surface area contributed by atoms with E-state index in [1.165, 1.54) is 40.3 Å². The molecule has 2 atom stereocenters. The summed E-state index contributed by atoms with van der Waals surface area (Å²) in [6, 6.07) is 24.9. The van der Waals surface area contributed by atoms with Crippen molar-refractivity contribution in [1.82, 2.24) is 10.2 Å². The van der Waals surface area contributed by atoms with E-state index >= 15 is 0 Å². The molecule has 31 heavy (non-hydrogen) atoms. The van der Waals surface area contributed by atoms with Crippen molar-refractivity contribution in [3.63, 3.8) is 0 Å². The van der Waals surface area contributed by atoms with Gasteiger partial charge >= 0.3 is 0 Å². The molecule has 1 amide bonds. The van der Waals surface area contributed by atoms with Gasteiger partial charge in [-0.2, -0.15) is 0 Å². The van der Waals surface area contributed by atoms with Crippen molar-refractivity contribution < 1.29 is 4.79 Å². The maximum atomic E-state index is 12.9. The lowest BCUT2D eigenvalue weighted by Crippen LogP contribution is -2.36. The van der Waals surface area contributed by atoms with Crippen LogP contribution in [0.5, 0.6) is 0 Å². The Labute approximate surface area is 185 Å². The summed E-state index contributed by atoms with van der Waals surface area (Å²) in [5, 5.41) is 5.95. The third-order valence-corrected chi connectivity index (χ3v) is 7.09. The fraction of sp³-hybridized carbons (Fsp3) is 0.393. The minimum absolute atomic E-state index is 0.169. The molecule has 0 spiro atoms. The number of nitrogens with one attached hydrogen (secondary N) is 1. The van der Waals surface area contributed by atoms with Gasteiger partial charge in [-0.15, -0.1) is 0 Å². The highest BCUT2D eigenvalue weighted by Crippen LogP contribution is 2.37. The highest BCUT2D eigenvalue weighted by atomic mass is 16.1. The zero-order valence-electron chi connectivity index (χ0n) is 18.4. The summed E-state index contributed by atoms with van der Waals surface area (Å²) < 4.78 is 0. The van der Waals surface area contributed by atoms with Crippen molar-refractivity contribution in [2.24, 2.45) is 0 Å². The smallest absolute Gasteiger partial charge is 0.221 e. The Balaban J connectivity index is 1.27. The van der Waals surface area contributed by atoms with Gasteiger partial charge in [0.25, 0.3) is 0 Å². The summed E-state index contributed by atoms with van der Waals surface area (Å²) in [5.74, 6) is 0.178. The first-order chi connectivity index (χ1) is 15.2. The van der Waals surface area contributed by atoms with E-state index < -0.39 is 0 Å². The summed E-state index contributed by atoms with van der Waals surface area (Å²) in [6.07, 6.45) is 6.36. The predicted molar refractivity (Wildman–Crippen MR) is 127 cm³/mol. The zero-order chi connectivity index (χ0) is 21.2. The first-order valence-electron chi connectivity index (χ1n) is 11.8. The molecule has 2 aliphatic rings. The molecule has 1 saturated carbocycles. The summed E-state index contributed by atoms with van der Waals surface area (Å²) in [7, 11) is 0. The third-order valence-electron chi connectivity index (χ3n) is 7.09. The number of hydrogen-bond donors (Lipinski definition) is 1. The highest BCUT2D eigenvalue weighted by molar-refractivity contribution is 5.86. The van der Waals surface area contributed by atoms with Crippen LogP contribution in [-0.2, 0) is 11.2 Å². The first-order valence-corrected chi connectivity index (χ1v) is 11.8. The second-order valence-electron chi connectivity index (χ2n) is 9.17. The Morgan fingerprint density at radius 2 is 1.77 bits per heavy atom. The third kappa shape index (κ3) is 4.38. The lowest BCUT2D eigenvalue weighted by atomic mass is 9.87. The average molecular weight is 413 g/mol. The van der Waals surface area contributed by atoms with Gasteiger partial charge in [0.05, 0.1) is 6.04 Å². The van der Waals surface area contributed by atoms with E-state index in [4.69, 9.17) is 0 Å². The second kappa shape index (κ2) is 8.84. The first kappa shape index (κ1) is 20.3. The molecule has 0 aromatic heterocycles. The Morgan fingerprint density at radius 3 is 2.65 bits per heavy atom. The van der Waals surface area contributed by atoms with Crippen LogP contribution in [0.25, 0.3) is 10.8 Å². The minimum atomic E-state index is 0.169. The Morgan fingerprint density at radius 1 is 1.00 bits per heavy atom. The van der Waals surface area contributed by atoms with Gasteiger partial charge in [-0.25, -0.2) is 0 Å². The Bertz CT molecular complexity index is 1070. The van der Waals surface area contributed by atoms with Crippen LogP contribution in [-0.4, -0.2) is 23.4 Å². The molecule has 3 heteroatoms. The van der Waals surface area contributed by atoms with E-state index in [-0.39, 0.29) is 11.9 Å². The molecule has 0 aliphatic heterocycles. The van der Waals surface area contributed by atoms with E-state index in [0.717, 1.165) is 25.8 Å². The number of aryl methyl sites for hydroxylation is 1. The molecule has 2 aliphatic carbocycles. The predicted octanol–water partition coefficient (Wildman–Crippen LogP) is 5.95. The van der Waals surface area contributed by atoms with Crippen LogP contribution < -0.4 is 5.32 Å². The summed E-state index contributed by atoms with van der Waals surface area (Å²) in [4.78, 5) is 15.5. The highest BCUT2D eigenvalue weighted by Gasteiger charge is 2.33. The van der Waals surface area contributed by atoms with Gasteiger partial charge in [0.15, 0.2) is 0 Å². The molecule has 0 radical (unpaired) electrons. The van der Waals surface area contributed by atoms with Crippen molar-refractivity contribution in [1.29, 1.82) is 0 Å². The molecule has 0 bridgehead atoms. The van der Waals surface area contributed by atoms with Gasteiger partial charge in [-0.3, -0.25) is 9.69 Å². The second-order valence-corrected chi connectivity index (χ2v) is 9.17. The van der Waals surface area contributed by atoms with E-state index in [9.17, 15) is 4.79 Å². The summed E-state index contributed by atoms with van der Waals surface area (Å²) >= 11 is 0. The molecule has 160 valence electrons. The maximum Gasteiger partial charge on any atom is 0.221 e. The molecule has 2 unspecified atom stereocenters. The Hall–Kier alpha value is -2.65. The molecule has 5 rings (SSSR count). The van der Waals surface area contributed by atoms with Crippen molar-refractivity contribution in [2.75, 3.05) is 6.54 Å². The average Bonchev–Trinajstić information content (AvgIpc) is 3.64. The van der Waals surface area contributed by atoms with Gasteiger partial charge < -0.3 is 5.32 Å². The van der Waals surface area contributed by atoms with Crippen molar-refractivity contribution in [3.8, 4) is 0 Å². The topological polar surface area (TPSA) is 32.3 Å². The van der Waals surface area contributed by atoms with Crippen molar-refractivity contribution in [2.45, 2.75) is 63.6 Å². The molecule has 1 N–H and O–H groups in total. The number of carbonyl (C=O) groups is 1. The van der Waals surface area contributed by atoms with Crippen molar-refractivity contribution >= 4 is 16.7 Å².